The number of aromatic nitrogens is 1. The normalized spacial score (nSPS) is 17.5. The first kappa shape index (κ1) is 16.4. The third kappa shape index (κ3) is 3.63. The highest BCUT2D eigenvalue weighted by atomic mass is 35.5. The molecule has 2 N–H and O–H groups in total. The minimum Gasteiger partial charge on any atom is -0.316 e. The van der Waals surface area contributed by atoms with Crippen LogP contribution in [-0.2, 0) is 4.79 Å². The number of nitrogens with one attached hydrogen (secondary N) is 2. The highest BCUT2D eigenvalue weighted by Crippen LogP contribution is 2.34. The second kappa shape index (κ2) is 6.87. The van der Waals surface area contributed by atoms with Gasteiger partial charge in [-0.05, 0) is 38.9 Å². The van der Waals surface area contributed by atoms with Crippen LogP contribution in [0, 0.1) is 19.8 Å². The van der Waals surface area contributed by atoms with Gasteiger partial charge in [-0.15, -0.1) is 35.1 Å². The second-order valence-electron chi connectivity index (χ2n) is 5.01. The van der Waals surface area contributed by atoms with Crippen molar-refractivity contribution in [3.63, 3.8) is 0 Å². The van der Waals surface area contributed by atoms with Crippen LogP contribution in [0.4, 0.5) is 5.13 Å². The van der Waals surface area contributed by atoms with E-state index in [2.05, 4.69) is 41.6 Å². The van der Waals surface area contributed by atoms with E-state index in [1.54, 1.807) is 22.7 Å². The highest BCUT2D eigenvalue weighted by molar-refractivity contribution is 7.18. The van der Waals surface area contributed by atoms with Crippen molar-refractivity contribution in [2.24, 2.45) is 5.92 Å². The first-order chi connectivity index (χ1) is 9.63. The molecule has 114 valence electrons. The van der Waals surface area contributed by atoms with E-state index in [-0.39, 0.29) is 24.2 Å². The molecule has 0 aromatic carbocycles. The van der Waals surface area contributed by atoms with Crippen LogP contribution in [0.2, 0.25) is 0 Å². The van der Waals surface area contributed by atoms with Gasteiger partial charge < -0.3 is 10.6 Å². The minimum absolute atomic E-state index is 0. The van der Waals surface area contributed by atoms with Gasteiger partial charge in [-0.2, -0.15) is 0 Å². The number of halogens is 1. The SMILES string of the molecule is Cc1ccc(-c2nc(NC(=O)C3CCNC3)sc2C)s1.Cl. The molecule has 0 aliphatic carbocycles. The predicted molar refractivity (Wildman–Crippen MR) is 91.8 cm³/mol. The molecular weight excluding hydrogens is 326 g/mol. The fraction of sp³-hybridized carbons (Fsp3) is 0.429. The maximum Gasteiger partial charge on any atom is 0.230 e. The van der Waals surface area contributed by atoms with Crippen molar-refractivity contribution < 1.29 is 4.79 Å². The summed E-state index contributed by atoms with van der Waals surface area (Å²) in [6.45, 7) is 5.84. The van der Waals surface area contributed by atoms with Gasteiger partial charge in [-0.3, -0.25) is 4.79 Å². The van der Waals surface area contributed by atoms with Gasteiger partial charge in [-0.1, -0.05) is 0 Å². The number of aryl methyl sites for hydroxylation is 2. The van der Waals surface area contributed by atoms with E-state index in [0.717, 1.165) is 30.1 Å². The molecule has 1 saturated heterocycles. The Labute approximate surface area is 138 Å². The lowest BCUT2D eigenvalue weighted by Crippen LogP contribution is -2.24. The number of amides is 1. The van der Waals surface area contributed by atoms with Crippen molar-refractivity contribution >= 4 is 46.1 Å². The Balaban J connectivity index is 0.00000161. The molecule has 1 fully saturated rings. The molecule has 7 heteroatoms. The van der Waals surface area contributed by atoms with E-state index in [9.17, 15) is 4.79 Å². The average Bonchev–Trinajstić information content (AvgIpc) is 3.10. The molecule has 1 aliphatic heterocycles. The third-order valence-electron chi connectivity index (χ3n) is 3.43. The minimum atomic E-state index is 0. The fourth-order valence-corrected chi connectivity index (χ4v) is 4.14. The van der Waals surface area contributed by atoms with E-state index in [0.29, 0.717) is 5.13 Å². The van der Waals surface area contributed by atoms with Gasteiger partial charge in [0.1, 0.15) is 0 Å². The quantitative estimate of drug-likeness (QED) is 0.897. The Morgan fingerprint density at radius 3 is 2.81 bits per heavy atom. The summed E-state index contributed by atoms with van der Waals surface area (Å²) in [5, 5.41) is 6.87. The Bertz CT molecular complexity index is 632. The Hall–Kier alpha value is -0.950. The van der Waals surface area contributed by atoms with Crippen molar-refractivity contribution in [3.05, 3.63) is 21.9 Å². The van der Waals surface area contributed by atoms with E-state index >= 15 is 0 Å². The van der Waals surface area contributed by atoms with Crippen LogP contribution in [0.5, 0.6) is 0 Å². The number of thiophene rings is 1. The molecule has 2 aromatic heterocycles. The molecule has 2 aromatic rings. The zero-order valence-electron chi connectivity index (χ0n) is 11.9. The van der Waals surface area contributed by atoms with Crippen LogP contribution in [-0.4, -0.2) is 24.0 Å². The number of carbonyl (C=O) groups excluding carboxylic acids is 1. The molecule has 3 heterocycles. The lowest BCUT2D eigenvalue weighted by Gasteiger charge is -2.06. The number of hydrogen-bond donors (Lipinski definition) is 2. The Kier molecular flexibility index (Phi) is 5.37. The van der Waals surface area contributed by atoms with Crippen LogP contribution >= 0.6 is 35.1 Å². The summed E-state index contributed by atoms with van der Waals surface area (Å²) in [6, 6.07) is 4.19. The topological polar surface area (TPSA) is 54.0 Å². The molecule has 21 heavy (non-hydrogen) atoms. The van der Waals surface area contributed by atoms with Crippen molar-refractivity contribution in [1.29, 1.82) is 0 Å². The lowest BCUT2D eigenvalue weighted by molar-refractivity contribution is -0.119. The van der Waals surface area contributed by atoms with E-state index in [1.165, 1.54) is 9.75 Å². The van der Waals surface area contributed by atoms with Crippen molar-refractivity contribution in [2.45, 2.75) is 20.3 Å². The van der Waals surface area contributed by atoms with Gasteiger partial charge in [0.15, 0.2) is 5.13 Å². The number of thiazole rings is 1. The van der Waals surface area contributed by atoms with Gasteiger partial charge in [0.25, 0.3) is 0 Å². The largest absolute Gasteiger partial charge is 0.316 e. The molecule has 1 atom stereocenters. The van der Waals surface area contributed by atoms with Crippen molar-refractivity contribution in [1.82, 2.24) is 10.3 Å². The summed E-state index contributed by atoms with van der Waals surface area (Å²) in [5.74, 6) is 0.157. The van der Waals surface area contributed by atoms with E-state index in [4.69, 9.17) is 0 Å². The summed E-state index contributed by atoms with van der Waals surface area (Å²) in [4.78, 5) is 20.3. The van der Waals surface area contributed by atoms with Crippen LogP contribution in [0.3, 0.4) is 0 Å². The summed E-state index contributed by atoms with van der Waals surface area (Å²) in [6.07, 6.45) is 0.910. The molecule has 3 rings (SSSR count). The maximum absolute atomic E-state index is 12.1. The molecule has 0 saturated carbocycles. The van der Waals surface area contributed by atoms with E-state index < -0.39 is 0 Å². The summed E-state index contributed by atoms with van der Waals surface area (Å²) in [5.41, 5.74) is 0.993. The standard InChI is InChI=1S/C14H17N3OS2.ClH/c1-8-3-4-11(19-8)12-9(2)20-14(16-12)17-13(18)10-5-6-15-7-10;/h3-4,10,15H,5-7H2,1-2H3,(H,16,17,18);1H. The second-order valence-corrected chi connectivity index (χ2v) is 7.50. The van der Waals surface area contributed by atoms with Gasteiger partial charge >= 0.3 is 0 Å². The number of anilines is 1. The Morgan fingerprint density at radius 2 is 2.19 bits per heavy atom. The van der Waals surface area contributed by atoms with Crippen LogP contribution < -0.4 is 10.6 Å². The number of rotatable bonds is 3. The van der Waals surface area contributed by atoms with Crippen LogP contribution in [0.15, 0.2) is 12.1 Å². The molecule has 1 unspecified atom stereocenters. The van der Waals surface area contributed by atoms with Crippen molar-refractivity contribution in [3.8, 4) is 10.6 Å². The first-order valence-electron chi connectivity index (χ1n) is 6.69. The molecule has 1 amide bonds. The van der Waals surface area contributed by atoms with Gasteiger partial charge in [0.05, 0.1) is 16.5 Å². The first-order valence-corrected chi connectivity index (χ1v) is 8.32. The van der Waals surface area contributed by atoms with Gasteiger partial charge in [0, 0.05) is 16.3 Å². The summed E-state index contributed by atoms with van der Waals surface area (Å²) >= 11 is 3.28. The molecule has 0 spiro atoms. The molecule has 1 aliphatic rings. The van der Waals surface area contributed by atoms with Gasteiger partial charge in [0.2, 0.25) is 5.91 Å². The van der Waals surface area contributed by atoms with E-state index in [1.807, 2.05) is 0 Å². The molecule has 0 radical (unpaired) electrons. The molecule has 4 nitrogen and oxygen atoms in total. The predicted octanol–water partition coefficient (Wildman–Crippen LogP) is 3.46. The highest BCUT2D eigenvalue weighted by Gasteiger charge is 2.23. The maximum atomic E-state index is 12.1. The average molecular weight is 344 g/mol. The number of hydrogen-bond acceptors (Lipinski definition) is 5. The number of carbonyl (C=O) groups is 1. The fourth-order valence-electron chi connectivity index (χ4n) is 2.33. The molecular formula is C14H18ClN3OS2. The summed E-state index contributed by atoms with van der Waals surface area (Å²) < 4.78 is 0. The zero-order valence-corrected chi connectivity index (χ0v) is 14.4. The monoisotopic (exact) mass is 343 g/mol. The number of nitrogens with zero attached hydrogens (tertiary/aromatic N) is 1. The van der Waals surface area contributed by atoms with Crippen LogP contribution in [0.1, 0.15) is 16.2 Å². The zero-order chi connectivity index (χ0) is 14.1. The Morgan fingerprint density at radius 1 is 1.38 bits per heavy atom. The summed E-state index contributed by atoms with van der Waals surface area (Å²) in [7, 11) is 0. The van der Waals surface area contributed by atoms with Crippen molar-refractivity contribution in [2.75, 3.05) is 18.4 Å². The molecule has 0 bridgehead atoms. The van der Waals surface area contributed by atoms with Crippen LogP contribution in [0.25, 0.3) is 10.6 Å². The lowest BCUT2D eigenvalue weighted by atomic mass is 10.1. The van der Waals surface area contributed by atoms with Gasteiger partial charge in [-0.25, -0.2) is 4.98 Å². The third-order valence-corrected chi connectivity index (χ3v) is 5.33. The smallest absolute Gasteiger partial charge is 0.230 e.